The maximum Gasteiger partial charge on any atom is 0.354 e. The molecule has 5 nitrogen and oxygen atoms in total. The summed E-state index contributed by atoms with van der Waals surface area (Å²) in [7, 11) is 0. The number of aromatic nitrogens is 2. The number of piperidine rings is 1. The molecule has 104 valence electrons. The van der Waals surface area contributed by atoms with Gasteiger partial charge in [0.1, 0.15) is 0 Å². The van der Waals surface area contributed by atoms with Gasteiger partial charge >= 0.3 is 5.97 Å². The molecule has 1 aromatic heterocycles. The molecule has 0 radical (unpaired) electrons. The minimum Gasteiger partial charge on any atom is -0.477 e. The smallest absolute Gasteiger partial charge is 0.354 e. The van der Waals surface area contributed by atoms with Crippen molar-refractivity contribution in [3.8, 4) is 5.69 Å². The number of aromatic carboxylic acids is 1. The van der Waals surface area contributed by atoms with Crippen LogP contribution < -0.4 is 4.90 Å². The van der Waals surface area contributed by atoms with E-state index in [9.17, 15) is 4.79 Å². The van der Waals surface area contributed by atoms with Crippen molar-refractivity contribution >= 4 is 11.7 Å². The van der Waals surface area contributed by atoms with Crippen molar-refractivity contribution in [1.29, 1.82) is 0 Å². The van der Waals surface area contributed by atoms with Crippen molar-refractivity contribution in [2.45, 2.75) is 19.3 Å². The molecule has 0 saturated carbocycles. The molecule has 0 spiro atoms. The molecule has 0 atom stereocenters. The van der Waals surface area contributed by atoms with Crippen LogP contribution in [-0.2, 0) is 0 Å². The zero-order valence-corrected chi connectivity index (χ0v) is 11.2. The highest BCUT2D eigenvalue weighted by atomic mass is 16.4. The number of carboxylic acid groups (broad SMARTS) is 1. The maximum absolute atomic E-state index is 11.1. The van der Waals surface area contributed by atoms with E-state index < -0.39 is 5.97 Å². The average Bonchev–Trinajstić information content (AvgIpc) is 2.98. The number of nitrogens with zero attached hydrogens (tertiary/aromatic N) is 3. The summed E-state index contributed by atoms with van der Waals surface area (Å²) in [6.45, 7) is 2.20. The lowest BCUT2D eigenvalue weighted by Gasteiger charge is -2.28. The summed E-state index contributed by atoms with van der Waals surface area (Å²) in [5, 5.41) is 13.2. The van der Waals surface area contributed by atoms with Crippen LogP contribution in [0.1, 0.15) is 29.8 Å². The zero-order valence-electron chi connectivity index (χ0n) is 11.2. The Hall–Kier alpha value is -2.30. The lowest BCUT2D eigenvalue weighted by atomic mass is 10.1. The first-order chi connectivity index (χ1) is 9.75. The van der Waals surface area contributed by atoms with Crippen molar-refractivity contribution in [1.82, 2.24) is 9.78 Å². The molecule has 1 saturated heterocycles. The summed E-state index contributed by atoms with van der Waals surface area (Å²) in [5.41, 5.74) is 2.14. The molecule has 0 bridgehead atoms. The Balaban J connectivity index is 1.85. The molecule has 0 unspecified atom stereocenters. The quantitative estimate of drug-likeness (QED) is 0.932. The molecular formula is C15H17N3O2. The van der Waals surface area contributed by atoms with Gasteiger partial charge in [-0.25, -0.2) is 9.48 Å². The number of benzene rings is 1. The number of hydrogen-bond acceptors (Lipinski definition) is 3. The molecule has 2 aromatic rings. The fourth-order valence-electron chi connectivity index (χ4n) is 2.63. The third kappa shape index (κ3) is 2.39. The number of rotatable bonds is 3. The van der Waals surface area contributed by atoms with E-state index in [-0.39, 0.29) is 5.69 Å². The Labute approximate surface area is 117 Å². The van der Waals surface area contributed by atoms with E-state index in [0.29, 0.717) is 0 Å². The Morgan fingerprint density at radius 1 is 1.00 bits per heavy atom. The van der Waals surface area contributed by atoms with Gasteiger partial charge < -0.3 is 10.0 Å². The molecule has 5 heteroatoms. The minimum atomic E-state index is -0.970. The first kappa shape index (κ1) is 12.7. The third-order valence-corrected chi connectivity index (χ3v) is 3.68. The Morgan fingerprint density at radius 2 is 1.65 bits per heavy atom. The lowest BCUT2D eigenvalue weighted by Crippen LogP contribution is -2.29. The minimum absolute atomic E-state index is 0.177. The van der Waals surface area contributed by atoms with E-state index in [4.69, 9.17) is 5.11 Å². The molecule has 1 aliphatic heterocycles. The van der Waals surface area contributed by atoms with Crippen LogP contribution in [0.2, 0.25) is 0 Å². The SMILES string of the molecule is O=C(O)c1ccnn1-c1ccc(N2CCCCC2)cc1. The summed E-state index contributed by atoms with van der Waals surface area (Å²) in [6, 6.07) is 9.41. The van der Waals surface area contributed by atoms with Gasteiger partial charge in [-0.05, 0) is 49.6 Å². The fourth-order valence-corrected chi connectivity index (χ4v) is 2.63. The predicted octanol–water partition coefficient (Wildman–Crippen LogP) is 2.56. The Kier molecular flexibility index (Phi) is 3.41. The second-order valence-electron chi connectivity index (χ2n) is 5.00. The van der Waals surface area contributed by atoms with E-state index in [1.54, 1.807) is 0 Å². The monoisotopic (exact) mass is 271 g/mol. The summed E-state index contributed by atoms with van der Waals surface area (Å²) in [6.07, 6.45) is 5.29. The average molecular weight is 271 g/mol. The number of hydrogen-bond donors (Lipinski definition) is 1. The van der Waals surface area contributed by atoms with Crippen molar-refractivity contribution in [2.24, 2.45) is 0 Å². The zero-order chi connectivity index (χ0) is 13.9. The van der Waals surface area contributed by atoms with Crippen LogP contribution in [0.25, 0.3) is 5.69 Å². The second-order valence-corrected chi connectivity index (χ2v) is 5.00. The van der Waals surface area contributed by atoms with Crippen LogP contribution >= 0.6 is 0 Å². The highest BCUT2D eigenvalue weighted by molar-refractivity contribution is 5.86. The highest BCUT2D eigenvalue weighted by Gasteiger charge is 2.13. The lowest BCUT2D eigenvalue weighted by molar-refractivity contribution is 0.0687. The Morgan fingerprint density at radius 3 is 2.30 bits per heavy atom. The summed E-state index contributed by atoms with van der Waals surface area (Å²) >= 11 is 0. The van der Waals surface area contributed by atoms with Crippen molar-refractivity contribution < 1.29 is 9.90 Å². The molecule has 1 aromatic carbocycles. The molecule has 0 aliphatic carbocycles. The number of carbonyl (C=O) groups is 1. The third-order valence-electron chi connectivity index (χ3n) is 3.68. The first-order valence-corrected chi connectivity index (χ1v) is 6.88. The van der Waals surface area contributed by atoms with Crippen LogP contribution in [0.15, 0.2) is 36.5 Å². The van der Waals surface area contributed by atoms with E-state index in [2.05, 4.69) is 10.00 Å². The molecule has 1 fully saturated rings. The van der Waals surface area contributed by atoms with Gasteiger partial charge in [0.05, 0.1) is 11.9 Å². The number of anilines is 1. The van der Waals surface area contributed by atoms with Gasteiger partial charge in [0, 0.05) is 18.8 Å². The van der Waals surface area contributed by atoms with Gasteiger partial charge in [-0.2, -0.15) is 5.10 Å². The van der Waals surface area contributed by atoms with Crippen LogP contribution in [-0.4, -0.2) is 33.9 Å². The highest BCUT2D eigenvalue weighted by Crippen LogP contribution is 2.21. The van der Waals surface area contributed by atoms with Crippen LogP contribution in [0.3, 0.4) is 0 Å². The van der Waals surface area contributed by atoms with Crippen LogP contribution in [0.5, 0.6) is 0 Å². The van der Waals surface area contributed by atoms with E-state index >= 15 is 0 Å². The normalized spacial score (nSPS) is 15.3. The van der Waals surface area contributed by atoms with Crippen molar-refractivity contribution in [3.05, 3.63) is 42.2 Å². The molecule has 3 rings (SSSR count). The van der Waals surface area contributed by atoms with Gasteiger partial charge in [0.25, 0.3) is 0 Å². The van der Waals surface area contributed by atoms with Gasteiger partial charge in [-0.15, -0.1) is 0 Å². The molecule has 0 amide bonds. The largest absolute Gasteiger partial charge is 0.477 e. The Bertz CT molecular complexity index is 598. The molecule has 20 heavy (non-hydrogen) atoms. The second kappa shape index (κ2) is 5.36. The topological polar surface area (TPSA) is 58.4 Å². The van der Waals surface area contributed by atoms with E-state index in [0.717, 1.165) is 18.8 Å². The van der Waals surface area contributed by atoms with Crippen molar-refractivity contribution in [3.63, 3.8) is 0 Å². The number of carboxylic acids is 1. The maximum atomic E-state index is 11.1. The predicted molar refractivity (Wildman–Crippen MR) is 76.6 cm³/mol. The van der Waals surface area contributed by atoms with Crippen LogP contribution in [0, 0.1) is 0 Å². The van der Waals surface area contributed by atoms with Gasteiger partial charge in [0.2, 0.25) is 0 Å². The van der Waals surface area contributed by atoms with Gasteiger partial charge in [-0.1, -0.05) is 0 Å². The molecule has 1 N–H and O–H groups in total. The molecule has 1 aliphatic rings. The van der Waals surface area contributed by atoms with E-state index in [1.165, 1.54) is 41.9 Å². The van der Waals surface area contributed by atoms with E-state index in [1.807, 2.05) is 24.3 Å². The van der Waals surface area contributed by atoms with Crippen LogP contribution in [0.4, 0.5) is 5.69 Å². The van der Waals surface area contributed by atoms with Gasteiger partial charge in [-0.3, -0.25) is 0 Å². The van der Waals surface area contributed by atoms with Crippen molar-refractivity contribution in [2.75, 3.05) is 18.0 Å². The van der Waals surface area contributed by atoms with Gasteiger partial charge in [0.15, 0.2) is 5.69 Å². The fraction of sp³-hybridized carbons (Fsp3) is 0.333. The molecular weight excluding hydrogens is 254 g/mol. The molecule has 2 heterocycles. The first-order valence-electron chi connectivity index (χ1n) is 6.88. The summed E-state index contributed by atoms with van der Waals surface area (Å²) < 4.78 is 1.45. The standard InChI is InChI=1S/C15H17N3O2/c19-15(20)14-8-9-16-18(14)13-6-4-12(5-7-13)17-10-2-1-3-11-17/h4-9H,1-3,10-11H2,(H,19,20). The summed E-state index contributed by atoms with van der Waals surface area (Å²) in [4.78, 5) is 13.5. The summed E-state index contributed by atoms with van der Waals surface area (Å²) in [5.74, 6) is -0.970.